The van der Waals surface area contributed by atoms with Crippen LogP contribution in [-0.4, -0.2) is 38.3 Å². The monoisotopic (exact) mass is 328 g/mol. The number of halogens is 9. The highest BCUT2D eigenvalue weighted by Gasteiger charge is 2.36. The van der Waals surface area contributed by atoms with Crippen LogP contribution in [0.25, 0.3) is 0 Å². The summed E-state index contributed by atoms with van der Waals surface area (Å²) in [5.74, 6) is 0. The lowest BCUT2D eigenvalue weighted by Crippen LogP contribution is -2.21. The molecule has 0 radical (unpaired) electrons. The van der Waals surface area contributed by atoms with Crippen LogP contribution < -0.4 is 0 Å². The molecule has 0 aromatic heterocycles. The SMILES string of the molecule is FC(F)(F)COP(OCC(F)(F)F)OCC(F)(F)F. The van der Waals surface area contributed by atoms with Crippen LogP contribution in [0.5, 0.6) is 0 Å². The van der Waals surface area contributed by atoms with Crippen molar-refractivity contribution in [2.24, 2.45) is 0 Å². The summed E-state index contributed by atoms with van der Waals surface area (Å²) >= 11 is 0. The fraction of sp³-hybridized carbons (Fsp3) is 1.00. The summed E-state index contributed by atoms with van der Waals surface area (Å²) in [6, 6.07) is 0. The van der Waals surface area contributed by atoms with Gasteiger partial charge in [-0.25, -0.2) is 0 Å². The molecule has 0 aliphatic carbocycles. The van der Waals surface area contributed by atoms with E-state index in [1.54, 1.807) is 0 Å². The van der Waals surface area contributed by atoms with Gasteiger partial charge < -0.3 is 13.6 Å². The Hall–Kier alpha value is -0.320. The van der Waals surface area contributed by atoms with E-state index in [0.717, 1.165) is 0 Å². The van der Waals surface area contributed by atoms with Crippen molar-refractivity contribution in [3.05, 3.63) is 0 Å². The zero-order valence-corrected chi connectivity index (χ0v) is 9.59. The molecular formula is C6H6F9O3P. The van der Waals surface area contributed by atoms with Gasteiger partial charge in [-0.05, 0) is 0 Å². The summed E-state index contributed by atoms with van der Waals surface area (Å²) in [7, 11) is -3.41. The van der Waals surface area contributed by atoms with Crippen LogP contribution >= 0.6 is 8.60 Å². The highest BCUT2D eigenvalue weighted by molar-refractivity contribution is 7.41. The number of rotatable bonds is 6. The molecule has 0 spiro atoms. The Balaban J connectivity index is 4.30. The maximum atomic E-state index is 11.7. The van der Waals surface area contributed by atoms with Gasteiger partial charge in [-0.2, -0.15) is 39.5 Å². The molecular weight excluding hydrogens is 322 g/mol. The summed E-state index contributed by atoms with van der Waals surface area (Å²) in [6.45, 7) is -6.27. The van der Waals surface area contributed by atoms with Gasteiger partial charge in [0.25, 0.3) is 0 Å². The van der Waals surface area contributed by atoms with Gasteiger partial charge >= 0.3 is 27.1 Å². The smallest absolute Gasteiger partial charge is 0.303 e. The second kappa shape index (κ2) is 6.91. The van der Waals surface area contributed by atoms with Crippen molar-refractivity contribution in [3.8, 4) is 0 Å². The Morgan fingerprint density at radius 3 is 0.895 bits per heavy atom. The standard InChI is InChI=1S/C6H6F9O3P/c7-4(8,9)1-16-19(17-2-5(10,11)12)18-3-6(13,14)15/h1-3H2. The Kier molecular flexibility index (Phi) is 6.79. The summed E-state index contributed by atoms with van der Waals surface area (Å²) in [5.41, 5.74) is 0. The van der Waals surface area contributed by atoms with E-state index in [9.17, 15) is 39.5 Å². The van der Waals surface area contributed by atoms with E-state index in [1.165, 1.54) is 0 Å². The highest BCUT2D eigenvalue weighted by atomic mass is 31.2. The van der Waals surface area contributed by atoms with Crippen LogP contribution in [0.2, 0.25) is 0 Å². The molecule has 13 heteroatoms. The minimum absolute atomic E-state index is 2.09. The zero-order chi connectivity index (χ0) is 15.3. The molecule has 0 heterocycles. The first-order chi connectivity index (χ1) is 8.29. The first-order valence-corrected chi connectivity index (χ1v) is 5.27. The average Bonchev–Trinajstić information content (AvgIpc) is 2.11. The second-order valence-electron chi connectivity index (χ2n) is 2.89. The Bertz CT molecular complexity index is 217. The molecule has 116 valence electrons. The van der Waals surface area contributed by atoms with E-state index in [1.807, 2.05) is 0 Å². The van der Waals surface area contributed by atoms with Gasteiger partial charge in [-0.1, -0.05) is 0 Å². The predicted molar refractivity (Wildman–Crippen MR) is 42.9 cm³/mol. The minimum Gasteiger partial charge on any atom is -0.303 e. The summed E-state index contributed by atoms with van der Waals surface area (Å²) in [6.07, 6.45) is -14.8. The molecule has 0 saturated heterocycles. The molecule has 0 aliphatic heterocycles. The molecule has 0 amide bonds. The molecule has 0 saturated carbocycles. The van der Waals surface area contributed by atoms with Gasteiger partial charge in [0.1, 0.15) is 0 Å². The largest absolute Gasteiger partial charge is 0.412 e. The van der Waals surface area contributed by atoms with Crippen molar-refractivity contribution in [1.82, 2.24) is 0 Å². The summed E-state index contributed by atoms with van der Waals surface area (Å²) in [5, 5.41) is 0. The van der Waals surface area contributed by atoms with Gasteiger partial charge in [-0.15, -0.1) is 0 Å². The van der Waals surface area contributed by atoms with Gasteiger partial charge in [0.15, 0.2) is 19.8 Å². The summed E-state index contributed by atoms with van der Waals surface area (Å²) in [4.78, 5) is 0. The van der Waals surface area contributed by atoms with E-state index in [0.29, 0.717) is 0 Å². The van der Waals surface area contributed by atoms with E-state index in [2.05, 4.69) is 13.6 Å². The van der Waals surface area contributed by atoms with Crippen molar-refractivity contribution in [2.75, 3.05) is 19.8 Å². The van der Waals surface area contributed by atoms with Crippen LogP contribution in [0.4, 0.5) is 39.5 Å². The van der Waals surface area contributed by atoms with Crippen molar-refractivity contribution in [1.29, 1.82) is 0 Å². The fourth-order valence-corrected chi connectivity index (χ4v) is 1.47. The molecule has 0 aromatic rings. The number of hydrogen-bond acceptors (Lipinski definition) is 3. The maximum Gasteiger partial charge on any atom is 0.412 e. The van der Waals surface area contributed by atoms with E-state index in [-0.39, 0.29) is 0 Å². The van der Waals surface area contributed by atoms with Crippen LogP contribution in [0.3, 0.4) is 0 Å². The first kappa shape index (κ1) is 18.7. The molecule has 0 N–H and O–H groups in total. The van der Waals surface area contributed by atoms with Crippen LogP contribution in [0.15, 0.2) is 0 Å². The fourth-order valence-electron chi connectivity index (χ4n) is 0.489. The third kappa shape index (κ3) is 13.9. The quantitative estimate of drug-likeness (QED) is 0.546. The second-order valence-corrected chi connectivity index (χ2v) is 4.11. The van der Waals surface area contributed by atoms with Gasteiger partial charge in [0.05, 0.1) is 0 Å². The normalized spacial score (nSPS) is 14.2. The third-order valence-electron chi connectivity index (χ3n) is 1.00. The van der Waals surface area contributed by atoms with Gasteiger partial charge in [0.2, 0.25) is 0 Å². The number of hydrogen-bond donors (Lipinski definition) is 0. The molecule has 0 unspecified atom stereocenters. The van der Waals surface area contributed by atoms with Crippen LogP contribution in [0, 0.1) is 0 Å². The first-order valence-electron chi connectivity index (χ1n) is 4.18. The summed E-state index contributed by atoms with van der Waals surface area (Å²) < 4.78 is 116. The average molecular weight is 328 g/mol. The molecule has 0 aliphatic rings. The van der Waals surface area contributed by atoms with Crippen LogP contribution in [0.1, 0.15) is 0 Å². The minimum atomic E-state index is -4.94. The lowest BCUT2D eigenvalue weighted by Gasteiger charge is -2.19. The van der Waals surface area contributed by atoms with Gasteiger partial charge in [-0.3, -0.25) is 0 Å². The maximum absolute atomic E-state index is 11.7. The Morgan fingerprint density at radius 1 is 0.526 bits per heavy atom. The van der Waals surface area contributed by atoms with Crippen molar-refractivity contribution >= 4 is 8.60 Å². The van der Waals surface area contributed by atoms with E-state index < -0.39 is 47.0 Å². The molecule has 3 nitrogen and oxygen atoms in total. The lowest BCUT2D eigenvalue weighted by atomic mass is 10.7. The van der Waals surface area contributed by atoms with E-state index >= 15 is 0 Å². The van der Waals surface area contributed by atoms with Gasteiger partial charge in [0, 0.05) is 0 Å². The van der Waals surface area contributed by atoms with Crippen molar-refractivity contribution < 1.29 is 53.1 Å². The Morgan fingerprint density at radius 2 is 0.737 bits per heavy atom. The molecule has 0 bridgehead atoms. The van der Waals surface area contributed by atoms with Crippen molar-refractivity contribution in [2.45, 2.75) is 18.5 Å². The molecule has 0 rings (SSSR count). The molecule has 0 aromatic carbocycles. The molecule has 0 fully saturated rings. The topological polar surface area (TPSA) is 27.7 Å². The molecule has 0 atom stereocenters. The lowest BCUT2D eigenvalue weighted by molar-refractivity contribution is -0.175. The van der Waals surface area contributed by atoms with Crippen LogP contribution in [-0.2, 0) is 13.6 Å². The predicted octanol–water partition coefficient (Wildman–Crippen LogP) is 3.95. The Labute approximate surface area is 101 Å². The number of alkyl halides is 9. The highest BCUT2D eigenvalue weighted by Crippen LogP contribution is 2.43. The third-order valence-corrected chi connectivity index (χ3v) is 2.02. The molecule has 19 heavy (non-hydrogen) atoms. The van der Waals surface area contributed by atoms with E-state index in [4.69, 9.17) is 0 Å². The zero-order valence-electron chi connectivity index (χ0n) is 8.69. The van der Waals surface area contributed by atoms with Crippen molar-refractivity contribution in [3.63, 3.8) is 0 Å².